The van der Waals surface area contributed by atoms with Crippen LogP contribution < -0.4 is 4.90 Å². The predicted octanol–water partition coefficient (Wildman–Crippen LogP) is 3.50. The van der Waals surface area contributed by atoms with Gasteiger partial charge in [-0.05, 0) is 34.7 Å². The Morgan fingerprint density at radius 3 is 2.37 bits per heavy atom. The number of anilines is 1. The van der Waals surface area contributed by atoms with E-state index in [-0.39, 0.29) is 12.4 Å². The van der Waals surface area contributed by atoms with Gasteiger partial charge < -0.3 is 4.84 Å². The molecule has 12 heteroatoms. The Kier molecular flexibility index (Phi) is 5.98. The fourth-order valence-electron chi connectivity index (χ4n) is 3.96. The highest BCUT2D eigenvalue weighted by Gasteiger charge is 2.37. The smallest absolute Gasteiger partial charge is 0.267 e. The maximum Gasteiger partial charge on any atom is 0.267 e. The van der Waals surface area contributed by atoms with Crippen LogP contribution in [0.2, 0.25) is 0 Å². The Bertz CT molecular complexity index is 1660. The summed E-state index contributed by atoms with van der Waals surface area (Å²) in [6, 6.07) is 21.5. The summed E-state index contributed by atoms with van der Waals surface area (Å²) in [6.45, 7) is -0.0263. The second-order valence-electron chi connectivity index (χ2n) is 8.22. The minimum absolute atomic E-state index is 0.0263. The van der Waals surface area contributed by atoms with E-state index in [0.717, 1.165) is 15.5 Å². The molecule has 0 spiro atoms. The Labute approximate surface area is 220 Å². The first-order chi connectivity index (χ1) is 18.6. The zero-order valence-electron chi connectivity index (χ0n) is 19.9. The molecule has 0 unspecified atom stereocenters. The number of thiazole rings is 1. The highest BCUT2D eigenvalue weighted by molar-refractivity contribution is 7.13. The molecule has 11 nitrogen and oxygen atoms in total. The molecule has 0 fully saturated rings. The standard InChI is InChI=1S/C26H18N8O3S/c1-33-23(29-31-32-33)22(20-15-38-24(28-20)16-8-3-2-4-9-16)30-37-14-17-10-7-13-21(27-17)34-25(35)18-11-5-6-12-19(18)26(34)36/h2-13,15H,14H2,1H3/b30-22+. The zero-order chi connectivity index (χ0) is 26.1. The van der Waals surface area contributed by atoms with Gasteiger partial charge in [-0.1, -0.05) is 53.7 Å². The van der Waals surface area contributed by atoms with Crippen LogP contribution in [-0.2, 0) is 18.5 Å². The lowest BCUT2D eigenvalue weighted by Crippen LogP contribution is -2.30. The van der Waals surface area contributed by atoms with Gasteiger partial charge in [0.2, 0.25) is 5.82 Å². The molecule has 0 bridgehead atoms. The number of fused-ring (bicyclic) bond motifs is 1. The van der Waals surface area contributed by atoms with Gasteiger partial charge in [0.05, 0.1) is 16.8 Å². The number of rotatable bonds is 7. The molecule has 0 N–H and O–H groups in total. The van der Waals surface area contributed by atoms with Crippen molar-refractivity contribution in [2.75, 3.05) is 4.90 Å². The average molecular weight is 523 g/mol. The van der Waals surface area contributed by atoms with Gasteiger partial charge in [-0.2, -0.15) is 0 Å². The molecule has 5 aromatic rings. The number of carbonyl (C=O) groups excluding carboxylic acids is 2. The number of oxime groups is 1. The number of carbonyl (C=O) groups is 2. The van der Waals surface area contributed by atoms with Gasteiger partial charge >= 0.3 is 0 Å². The molecule has 0 aliphatic carbocycles. The van der Waals surface area contributed by atoms with Crippen molar-refractivity contribution in [1.82, 2.24) is 30.2 Å². The molecular weight excluding hydrogens is 504 g/mol. The summed E-state index contributed by atoms with van der Waals surface area (Å²) in [5, 5.41) is 18.6. The molecular formula is C26H18N8O3S. The molecule has 38 heavy (non-hydrogen) atoms. The number of imide groups is 1. The van der Waals surface area contributed by atoms with Crippen LogP contribution in [0.4, 0.5) is 5.82 Å². The highest BCUT2D eigenvalue weighted by Crippen LogP contribution is 2.27. The summed E-state index contributed by atoms with van der Waals surface area (Å²) < 4.78 is 1.48. The molecule has 186 valence electrons. The monoisotopic (exact) mass is 522 g/mol. The van der Waals surface area contributed by atoms with E-state index >= 15 is 0 Å². The molecule has 1 aliphatic rings. The number of hydrogen-bond donors (Lipinski definition) is 0. The van der Waals surface area contributed by atoms with Crippen molar-refractivity contribution >= 4 is 34.7 Å². The number of nitrogens with zero attached hydrogens (tertiary/aromatic N) is 8. The number of amides is 2. The number of tetrazole rings is 1. The molecule has 4 heterocycles. The second-order valence-corrected chi connectivity index (χ2v) is 9.08. The minimum Gasteiger partial charge on any atom is -0.389 e. The zero-order valence-corrected chi connectivity index (χ0v) is 20.7. The Hall–Kier alpha value is -5.10. The van der Waals surface area contributed by atoms with Crippen LogP contribution >= 0.6 is 11.3 Å². The minimum atomic E-state index is -0.413. The number of aromatic nitrogens is 6. The van der Waals surface area contributed by atoms with E-state index in [1.54, 1.807) is 49.5 Å². The van der Waals surface area contributed by atoms with Crippen molar-refractivity contribution in [2.24, 2.45) is 12.2 Å². The molecule has 3 aromatic heterocycles. The van der Waals surface area contributed by atoms with Crippen molar-refractivity contribution in [3.63, 3.8) is 0 Å². The lowest BCUT2D eigenvalue weighted by Gasteiger charge is -2.13. The molecule has 2 amide bonds. The van der Waals surface area contributed by atoms with Crippen molar-refractivity contribution in [2.45, 2.75) is 6.61 Å². The van der Waals surface area contributed by atoms with Crippen LogP contribution in [0.5, 0.6) is 0 Å². The van der Waals surface area contributed by atoms with Crippen LogP contribution in [0.15, 0.2) is 83.3 Å². The normalized spacial score (nSPS) is 13.2. The van der Waals surface area contributed by atoms with Gasteiger partial charge in [-0.25, -0.2) is 19.5 Å². The van der Waals surface area contributed by atoms with Crippen molar-refractivity contribution in [3.05, 3.63) is 107 Å². The number of pyridine rings is 1. The lowest BCUT2D eigenvalue weighted by atomic mass is 10.1. The third-order valence-corrected chi connectivity index (χ3v) is 6.67. The quantitative estimate of drug-likeness (QED) is 0.180. The first-order valence-electron chi connectivity index (χ1n) is 11.5. The third-order valence-electron chi connectivity index (χ3n) is 5.78. The Balaban J connectivity index is 1.25. The Morgan fingerprint density at radius 2 is 1.66 bits per heavy atom. The summed E-state index contributed by atoms with van der Waals surface area (Å²) in [4.78, 5) is 41.6. The highest BCUT2D eigenvalue weighted by atomic mass is 32.1. The van der Waals surface area contributed by atoms with E-state index in [9.17, 15) is 9.59 Å². The fourth-order valence-corrected chi connectivity index (χ4v) is 4.77. The van der Waals surface area contributed by atoms with Gasteiger partial charge in [0, 0.05) is 18.0 Å². The third kappa shape index (κ3) is 4.22. The summed E-state index contributed by atoms with van der Waals surface area (Å²) in [7, 11) is 1.70. The SMILES string of the molecule is Cn1nnnc1/C(=N/OCc1cccc(N2C(=O)c3ccccc3C2=O)n1)c1csc(-c2ccccc2)n1. The molecule has 0 radical (unpaired) electrons. The van der Waals surface area contributed by atoms with E-state index in [4.69, 9.17) is 9.82 Å². The van der Waals surface area contributed by atoms with Crippen LogP contribution in [0, 0.1) is 0 Å². The van der Waals surface area contributed by atoms with Crippen LogP contribution in [0.3, 0.4) is 0 Å². The van der Waals surface area contributed by atoms with Gasteiger partial charge in [-0.15, -0.1) is 16.4 Å². The summed E-state index contributed by atoms with van der Waals surface area (Å²) in [5.74, 6) is -0.235. The van der Waals surface area contributed by atoms with Crippen LogP contribution in [0.25, 0.3) is 10.6 Å². The lowest BCUT2D eigenvalue weighted by molar-refractivity contribution is 0.0924. The number of aryl methyl sites for hydroxylation is 1. The molecule has 0 saturated carbocycles. The first-order valence-corrected chi connectivity index (χ1v) is 12.4. The first kappa shape index (κ1) is 23.3. The van der Waals surface area contributed by atoms with E-state index in [1.807, 2.05) is 35.7 Å². The Morgan fingerprint density at radius 1 is 0.921 bits per heavy atom. The van der Waals surface area contributed by atoms with Crippen LogP contribution in [-0.4, -0.2) is 47.7 Å². The van der Waals surface area contributed by atoms with Gasteiger partial charge in [0.15, 0.2) is 12.3 Å². The van der Waals surface area contributed by atoms with Crippen molar-refractivity contribution in [3.8, 4) is 10.6 Å². The van der Waals surface area contributed by atoms with E-state index in [2.05, 4.69) is 25.7 Å². The molecule has 2 aromatic carbocycles. The maximum atomic E-state index is 12.8. The summed E-state index contributed by atoms with van der Waals surface area (Å²) in [5.41, 5.74) is 3.07. The van der Waals surface area contributed by atoms with Crippen LogP contribution in [0.1, 0.15) is 37.9 Å². The number of benzene rings is 2. The van der Waals surface area contributed by atoms with Crippen molar-refractivity contribution in [1.29, 1.82) is 0 Å². The van der Waals surface area contributed by atoms with E-state index < -0.39 is 11.8 Å². The van der Waals surface area contributed by atoms with Gasteiger partial charge in [0.1, 0.15) is 16.5 Å². The molecule has 1 aliphatic heterocycles. The predicted molar refractivity (Wildman–Crippen MR) is 139 cm³/mol. The van der Waals surface area contributed by atoms with Gasteiger partial charge in [-0.3, -0.25) is 9.59 Å². The molecule has 0 saturated heterocycles. The van der Waals surface area contributed by atoms with E-state index in [1.165, 1.54) is 16.0 Å². The largest absolute Gasteiger partial charge is 0.389 e. The van der Waals surface area contributed by atoms with Crippen molar-refractivity contribution < 1.29 is 14.4 Å². The molecule has 0 atom stereocenters. The topological polar surface area (TPSA) is 128 Å². The fraction of sp³-hybridized carbons (Fsp3) is 0.0769. The maximum absolute atomic E-state index is 12.8. The van der Waals surface area contributed by atoms with E-state index in [0.29, 0.717) is 34.1 Å². The van der Waals surface area contributed by atoms with Gasteiger partial charge in [0.25, 0.3) is 11.8 Å². The number of hydrogen-bond acceptors (Lipinski definition) is 10. The second kappa shape index (κ2) is 9.75. The molecule has 6 rings (SSSR count). The summed E-state index contributed by atoms with van der Waals surface area (Å²) >= 11 is 1.47. The summed E-state index contributed by atoms with van der Waals surface area (Å²) in [6.07, 6.45) is 0. The average Bonchev–Trinajstić information content (AvgIpc) is 3.67.